The van der Waals surface area contributed by atoms with Crippen molar-refractivity contribution < 1.29 is 22.0 Å². The molecule has 1 fully saturated rings. The molecule has 0 aliphatic heterocycles. The van der Waals surface area contributed by atoms with Crippen LogP contribution in [0.2, 0.25) is 0 Å². The summed E-state index contributed by atoms with van der Waals surface area (Å²) in [5.74, 6) is 0. The summed E-state index contributed by atoms with van der Waals surface area (Å²) in [6, 6.07) is 0. The zero-order valence-electron chi connectivity index (χ0n) is 5.48. The Hall–Kier alpha value is -0.350. The summed E-state index contributed by atoms with van der Waals surface area (Å²) in [4.78, 5) is 0. The van der Waals surface area contributed by atoms with Crippen molar-refractivity contribution in [3.8, 4) is 0 Å². The molecule has 0 aromatic rings. The second-order valence-corrected chi connectivity index (χ2v) is 2.60. The monoisotopic (exact) mass is 174 g/mol. The second-order valence-electron chi connectivity index (χ2n) is 2.60. The van der Waals surface area contributed by atoms with Gasteiger partial charge in [0, 0.05) is 6.42 Å². The van der Waals surface area contributed by atoms with Crippen molar-refractivity contribution in [2.24, 2.45) is 0 Å². The molecule has 0 bridgehead atoms. The molecular weight excluding hydrogens is 167 g/mol. The molecule has 0 spiro atoms. The van der Waals surface area contributed by atoms with Crippen LogP contribution in [0.25, 0.3) is 0 Å². The molecule has 0 aromatic carbocycles. The van der Waals surface area contributed by atoms with Crippen LogP contribution >= 0.6 is 0 Å². The van der Waals surface area contributed by atoms with Crippen LogP contribution in [0.3, 0.4) is 0 Å². The fourth-order valence-corrected chi connectivity index (χ4v) is 1.05. The van der Waals surface area contributed by atoms with Crippen LogP contribution in [0.15, 0.2) is 0 Å². The second kappa shape index (κ2) is 2.95. The zero-order chi connectivity index (χ0) is 8.59. The van der Waals surface area contributed by atoms with E-state index in [1.54, 1.807) is 0 Å². The van der Waals surface area contributed by atoms with Crippen molar-refractivity contribution in [2.75, 3.05) is 0 Å². The van der Waals surface area contributed by atoms with Crippen molar-refractivity contribution in [1.29, 1.82) is 0 Å². The molecule has 0 saturated heterocycles. The molecule has 0 radical (unpaired) electrons. The van der Waals surface area contributed by atoms with Crippen LogP contribution in [-0.4, -0.2) is 30.9 Å². The first-order valence-electron chi connectivity index (χ1n) is 3.24. The van der Waals surface area contributed by atoms with Gasteiger partial charge in [0.15, 0.2) is 18.5 Å². The standard InChI is InChI=1S/C6H7F5/c7-2-1-3(8)5(10)6(11)4(2)9/h2-6H,1H2. The van der Waals surface area contributed by atoms with Gasteiger partial charge in [-0.05, 0) is 0 Å². The highest BCUT2D eigenvalue weighted by molar-refractivity contribution is 4.93. The molecule has 0 amide bonds. The van der Waals surface area contributed by atoms with Gasteiger partial charge in [0.25, 0.3) is 0 Å². The number of hydrogen-bond acceptors (Lipinski definition) is 0. The van der Waals surface area contributed by atoms with Gasteiger partial charge in [-0.25, -0.2) is 22.0 Å². The fraction of sp³-hybridized carbons (Fsp3) is 1.00. The Labute approximate surface area is 60.4 Å². The molecule has 11 heavy (non-hydrogen) atoms. The van der Waals surface area contributed by atoms with Crippen LogP contribution in [0.4, 0.5) is 22.0 Å². The van der Waals surface area contributed by atoms with Gasteiger partial charge in [-0.1, -0.05) is 0 Å². The highest BCUT2D eigenvalue weighted by Crippen LogP contribution is 2.31. The third-order valence-corrected chi connectivity index (χ3v) is 1.75. The zero-order valence-corrected chi connectivity index (χ0v) is 5.48. The van der Waals surface area contributed by atoms with Crippen molar-refractivity contribution >= 4 is 0 Å². The molecule has 1 aliphatic rings. The van der Waals surface area contributed by atoms with Gasteiger partial charge in [-0.3, -0.25) is 0 Å². The Morgan fingerprint density at radius 2 is 1.00 bits per heavy atom. The molecule has 5 heteroatoms. The Balaban J connectivity index is 2.63. The number of alkyl halides is 5. The summed E-state index contributed by atoms with van der Waals surface area (Å²) < 4.78 is 61.2. The van der Waals surface area contributed by atoms with E-state index in [2.05, 4.69) is 0 Å². The lowest BCUT2D eigenvalue weighted by molar-refractivity contribution is -0.0506. The minimum Gasteiger partial charge on any atom is -0.244 e. The van der Waals surface area contributed by atoms with Gasteiger partial charge in [0.1, 0.15) is 12.3 Å². The van der Waals surface area contributed by atoms with Gasteiger partial charge >= 0.3 is 0 Å². The summed E-state index contributed by atoms with van der Waals surface area (Å²) in [5, 5.41) is 0. The number of hydrogen-bond donors (Lipinski definition) is 0. The molecule has 1 rings (SSSR count). The fourth-order valence-electron chi connectivity index (χ4n) is 1.05. The van der Waals surface area contributed by atoms with Crippen LogP contribution in [0, 0.1) is 0 Å². The normalized spacial score (nSPS) is 52.6. The molecule has 0 heterocycles. The Bertz CT molecular complexity index is 125. The predicted molar refractivity (Wildman–Crippen MR) is 29.1 cm³/mol. The van der Waals surface area contributed by atoms with E-state index in [4.69, 9.17) is 0 Å². The van der Waals surface area contributed by atoms with E-state index in [0.29, 0.717) is 0 Å². The lowest BCUT2D eigenvalue weighted by atomic mass is 9.92. The molecule has 0 nitrogen and oxygen atoms in total. The Kier molecular flexibility index (Phi) is 2.34. The molecule has 0 N–H and O–H groups in total. The number of halogens is 5. The third kappa shape index (κ3) is 1.46. The molecule has 1 saturated carbocycles. The van der Waals surface area contributed by atoms with E-state index >= 15 is 0 Å². The average Bonchev–Trinajstić information content (AvgIpc) is 1.97. The van der Waals surface area contributed by atoms with Crippen molar-refractivity contribution in [2.45, 2.75) is 37.3 Å². The van der Waals surface area contributed by atoms with Gasteiger partial charge < -0.3 is 0 Å². The van der Waals surface area contributed by atoms with Crippen LogP contribution in [-0.2, 0) is 0 Å². The lowest BCUT2D eigenvalue weighted by Crippen LogP contribution is -2.47. The maximum absolute atomic E-state index is 12.2. The molecule has 1 aliphatic carbocycles. The average molecular weight is 174 g/mol. The Morgan fingerprint density at radius 1 is 0.636 bits per heavy atom. The topological polar surface area (TPSA) is 0 Å². The molecule has 4 unspecified atom stereocenters. The van der Waals surface area contributed by atoms with Gasteiger partial charge in [-0.15, -0.1) is 0 Å². The van der Waals surface area contributed by atoms with E-state index in [9.17, 15) is 22.0 Å². The predicted octanol–water partition coefficient (Wildman–Crippen LogP) is 2.08. The first-order chi connectivity index (χ1) is 5.04. The first-order valence-corrected chi connectivity index (χ1v) is 3.24. The van der Waals surface area contributed by atoms with Gasteiger partial charge in [0.05, 0.1) is 0 Å². The third-order valence-electron chi connectivity index (χ3n) is 1.75. The van der Waals surface area contributed by atoms with Crippen molar-refractivity contribution in [3.05, 3.63) is 0 Å². The summed E-state index contributed by atoms with van der Waals surface area (Å²) >= 11 is 0. The van der Waals surface area contributed by atoms with E-state index in [-0.39, 0.29) is 0 Å². The lowest BCUT2D eigenvalue weighted by Gasteiger charge is -2.28. The summed E-state index contributed by atoms with van der Waals surface area (Å²) in [6.07, 6.45) is -13.0. The SMILES string of the molecule is FC1CC(F)C(F)C(F)C1F. The molecule has 4 atom stereocenters. The van der Waals surface area contributed by atoms with E-state index in [1.807, 2.05) is 0 Å². The minimum absolute atomic E-state index is 0.886. The maximum Gasteiger partial charge on any atom is 0.168 e. The highest BCUT2D eigenvalue weighted by Gasteiger charge is 2.46. The van der Waals surface area contributed by atoms with Crippen LogP contribution in [0.1, 0.15) is 6.42 Å². The largest absolute Gasteiger partial charge is 0.244 e. The maximum atomic E-state index is 12.2. The van der Waals surface area contributed by atoms with E-state index in [0.717, 1.165) is 0 Å². The smallest absolute Gasteiger partial charge is 0.168 e. The summed E-state index contributed by atoms with van der Waals surface area (Å²) in [7, 11) is 0. The van der Waals surface area contributed by atoms with Crippen LogP contribution < -0.4 is 0 Å². The van der Waals surface area contributed by atoms with Gasteiger partial charge in [-0.2, -0.15) is 0 Å². The summed E-state index contributed by atoms with van der Waals surface area (Å²) in [6.45, 7) is 0. The van der Waals surface area contributed by atoms with Crippen LogP contribution in [0.5, 0.6) is 0 Å². The first kappa shape index (κ1) is 8.74. The molecule has 0 aromatic heterocycles. The van der Waals surface area contributed by atoms with Crippen molar-refractivity contribution in [3.63, 3.8) is 0 Å². The van der Waals surface area contributed by atoms with Gasteiger partial charge in [0.2, 0.25) is 0 Å². The molecular formula is C6H7F5. The highest BCUT2D eigenvalue weighted by atomic mass is 19.2. The van der Waals surface area contributed by atoms with E-state index < -0.39 is 37.3 Å². The summed E-state index contributed by atoms with van der Waals surface area (Å²) in [5.41, 5.74) is 0. The van der Waals surface area contributed by atoms with Crippen molar-refractivity contribution in [1.82, 2.24) is 0 Å². The minimum atomic E-state index is -2.66. The number of rotatable bonds is 0. The quantitative estimate of drug-likeness (QED) is 0.493. The van der Waals surface area contributed by atoms with E-state index in [1.165, 1.54) is 0 Å². The molecule has 66 valence electrons. The Morgan fingerprint density at radius 3 is 1.36 bits per heavy atom.